The van der Waals surface area contributed by atoms with Gasteiger partial charge in [-0.3, -0.25) is 4.79 Å². The van der Waals surface area contributed by atoms with Crippen LogP contribution in [-0.2, 0) is 21.5 Å². The number of carbonyl (C=O) groups excluding carboxylic acids is 1. The molecule has 1 saturated carbocycles. The van der Waals surface area contributed by atoms with Crippen molar-refractivity contribution in [2.24, 2.45) is 5.41 Å². The molecular weight excluding hydrogens is 351 g/mol. The van der Waals surface area contributed by atoms with Crippen LogP contribution in [0.5, 0.6) is 0 Å². The van der Waals surface area contributed by atoms with Gasteiger partial charge in [-0.1, -0.05) is 13.8 Å². The zero-order valence-corrected chi connectivity index (χ0v) is 16.7. The normalized spacial score (nSPS) is 32.1. The topological polar surface area (TPSA) is 50.4 Å². The van der Waals surface area contributed by atoms with Gasteiger partial charge in [-0.05, 0) is 80.1 Å². The SMILES string of the molecule is CC.COC1CCC2(CC1)Cc1cc(F)c(C)cc1C21NC(=S)NC1=O. The maximum atomic E-state index is 14.1. The first-order valence-electron chi connectivity index (χ1n) is 9.38. The van der Waals surface area contributed by atoms with Crippen LogP contribution in [0.2, 0.25) is 0 Å². The molecule has 3 aliphatic rings. The van der Waals surface area contributed by atoms with Crippen molar-refractivity contribution in [3.8, 4) is 0 Å². The molecule has 1 aliphatic heterocycles. The quantitative estimate of drug-likeness (QED) is 0.735. The van der Waals surface area contributed by atoms with Crippen LogP contribution in [0.4, 0.5) is 4.39 Å². The lowest BCUT2D eigenvalue weighted by atomic mass is 9.61. The minimum atomic E-state index is -0.878. The van der Waals surface area contributed by atoms with Crippen LogP contribution in [0.3, 0.4) is 0 Å². The summed E-state index contributed by atoms with van der Waals surface area (Å²) < 4.78 is 19.6. The van der Waals surface area contributed by atoms with Crippen LogP contribution in [0.25, 0.3) is 0 Å². The number of methoxy groups -OCH3 is 1. The Morgan fingerprint density at radius 1 is 1.27 bits per heavy atom. The van der Waals surface area contributed by atoms with Crippen LogP contribution in [0, 0.1) is 18.2 Å². The van der Waals surface area contributed by atoms with E-state index in [1.54, 1.807) is 20.1 Å². The number of nitrogens with one attached hydrogen (secondary N) is 2. The average Bonchev–Trinajstić information content (AvgIpc) is 3.07. The number of ether oxygens (including phenoxy) is 1. The maximum absolute atomic E-state index is 14.1. The molecule has 6 heteroatoms. The number of fused-ring (bicyclic) bond motifs is 3. The van der Waals surface area contributed by atoms with E-state index < -0.39 is 5.54 Å². The Labute approximate surface area is 159 Å². The molecule has 1 saturated heterocycles. The van der Waals surface area contributed by atoms with Gasteiger partial charge >= 0.3 is 0 Å². The number of benzene rings is 1. The maximum Gasteiger partial charge on any atom is 0.257 e. The summed E-state index contributed by atoms with van der Waals surface area (Å²) in [6, 6.07) is 3.42. The number of amides is 1. The first-order chi connectivity index (χ1) is 12.4. The summed E-state index contributed by atoms with van der Waals surface area (Å²) >= 11 is 5.25. The minimum Gasteiger partial charge on any atom is -0.381 e. The number of rotatable bonds is 1. The molecule has 0 aromatic heterocycles. The van der Waals surface area contributed by atoms with Crippen molar-refractivity contribution in [3.63, 3.8) is 0 Å². The molecule has 1 atom stereocenters. The molecule has 26 heavy (non-hydrogen) atoms. The van der Waals surface area contributed by atoms with Crippen LogP contribution in [-0.4, -0.2) is 24.2 Å². The molecule has 0 bridgehead atoms. The highest BCUT2D eigenvalue weighted by Gasteiger charge is 2.65. The summed E-state index contributed by atoms with van der Waals surface area (Å²) in [4.78, 5) is 13.0. The molecule has 4 nitrogen and oxygen atoms in total. The first-order valence-corrected chi connectivity index (χ1v) is 9.78. The summed E-state index contributed by atoms with van der Waals surface area (Å²) in [6.45, 7) is 5.74. The summed E-state index contributed by atoms with van der Waals surface area (Å²) in [5, 5.41) is 6.42. The number of hydrogen-bond acceptors (Lipinski definition) is 3. The van der Waals surface area contributed by atoms with E-state index in [0.29, 0.717) is 17.1 Å². The number of thiocarbonyl (C=S) groups is 1. The third-order valence-electron chi connectivity index (χ3n) is 6.20. The second-order valence-electron chi connectivity index (χ2n) is 7.31. The van der Waals surface area contributed by atoms with Gasteiger partial charge in [-0.25, -0.2) is 4.39 Å². The molecule has 1 amide bonds. The molecule has 2 fully saturated rings. The van der Waals surface area contributed by atoms with Gasteiger partial charge in [0.15, 0.2) is 10.7 Å². The van der Waals surface area contributed by atoms with Crippen molar-refractivity contribution in [3.05, 3.63) is 34.6 Å². The van der Waals surface area contributed by atoms with Gasteiger partial charge in [0, 0.05) is 12.5 Å². The Balaban J connectivity index is 0.000000948. The van der Waals surface area contributed by atoms with E-state index in [1.807, 2.05) is 19.9 Å². The van der Waals surface area contributed by atoms with Crippen LogP contribution in [0.15, 0.2) is 12.1 Å². The van der Waals surface area contributed by atoms with E-state index in [-0.39, 0.29) is 23.2 Å². The van der Waals surface area contributed by atoms with Gasteiger partial charge in [0.05, 0.1) is 6.10 Å². The fourth-order valence-corrected chi connectivity index (χ4v) is 5.20. The van der Waals surface area contributed by atoms with Gasteiger partial charge in [-0.15, -0.1) is 0 Å². The highest BCUT2D eigenvalue weighted by molar-refractivity contribution is 7.80. The lowest BCUT2D eigenvalue weighted by Crippen LogP contribution is -2.56. The number of halogens is 1. The number of aryl methyl sites for hydroxylation is 1. The third kappa shape index (κ3) is 2.57. The van der Waals surface area contributed by atoms with Gasteiger partial charge in [0.1, 0.15) is 5.82 Å². The number of hydrogen-bond donors (Lipinski definition) is 2. The molecule has 2 N–H and O–H groups in total. The fourth-order valence-electron chi connectivity index (χ4n) is 4.95. The fraction of sp³-hybridized carbons (Fsp3) is 0.600. The standard InChI is InChI=1S/C18H21FN2O2S.C2H6/c1-10-7-13-11(8-14(10)19)9-17(5-3-12(23-2)4-6-17)18(13)15(22)20-16(24)21-18;1-2/h7-8,12H,3-6,9H2,1-2H3,(H2,20,21,22,24);1-2H3. The van der Waals surface area contributed by atoms with Crippen LogP contribution in [0.1, 0.15) is 56.2 Å². The van der Waals surface area contributed by atoms with Crippen molar-refractivity contribution in [2.45, 2.75) is 64.5 Å². The van der Waals surface area contributed by atoms with Crippen LogP contribution >= 0.6 is 12.2 Å². The van der Waals surface area contributed by atoms with Gasteiger partial charge in [-0.2, -0.15) is 0 Å². The van der Waals surface area contributed by atoms with Crippen molar-refractivity contribution >= 4 is 23.2 Å². The predicted octanol–water partition coefficient (Wildman–Crippen LogP) is 3.49. The lowest BCUT2D eigenvalue weighted by Gasteiger charge is -2.46. The minimum absolute atomic E-state index is 0.104. The highest BCUT2D eigenvalue weighted by Crippen LogP contribution is 2.59. The van der Waals surface area contributed by atoms with Crippen molar-refractivity contribution in [1.29, 1.82) is 0 Å². The Bertz CT molecular complexity index is 744. The zero-order chi connectivity index (χ0) is 19.1. The number of carbonyl (C=O) groups is 1. The van der Waals surface area contributed by atoms with E-state index >= 15 is 0 Å². The highest BCUT2D eigenvalue weighted by atomic mass is 32.1. The third-order valence-corrected chi connectivity index (χ3v) is 6.41. The molecule has 0 radical (unpaired) electrons. The monoisotopic (exact) mass is 378 g/mol. The Morgan fingerprint density at radius 2 is 1.92 bits per heavy atom. The molecule has 4 rings (SSSR count). The molecular formula is C20H27FN2O2S. The molecule has 1 unspecified atom stereocenters. The van der Waals surface area contributed by atoms with E-state index in [0.717, 1.165) is 36.8 Å². The summed E-state index contributed by atoms with van der Waals surface area (Å²) in [6.07, 6.45) is 4.42. The van der Waals surface area contributed by atoms with E-state index in [1.165, 1.54) is 0 Å². The molecule has 1 aromatic rings. The second kappa shape index (κ2) is 6.89. The zero-order valence-electron chi connectivity index (χ0n) is 15.9. The summed E-state index contributed by atoms with van der Waals surface area (Å²) in [5.41, 5.74) is 1.20. The van der Waals surface area contributed by atoms with Crippen molar-refractivity contribution < 1.29 is 13.9 Å². The molecule has 2 aliphatic carbocycles. The molecule has 142 valence electrons. The van der Waals surface area contributed by atoms with Gasteiger partial charge < -0.3 is 15.4 Å². The summed E-state index contributed by atoms with van der Waals surface area (Å²) in [7, 11) is 1.73. The van der Waals surface area contributed by atoms with Crippen molar-refractivity contribution in [1.82, 2.24) is 10.6 Å². The first kappa shape index (κ1) is 19.2. The van der Waals surface area contributed by atoms with E-state index in [4.69, 9.17) is 17.0 Å². The van der Waals surface area contributed by atoms with Gasteiger partial charge in [0.2, 0.25) is 0 Å². The van der Waals surface area contributed by atoms with Crippen molar-refractivity contribution in [2.75, 3.05) is 7.11 Å². The largest absolute Gasteiger partial charge is 0.381 e. The molecule has 2 spiro atoms. The van der Waals surface area contributed by atoms with E-state index in [9.17, 15) is 9.18 Å². The van der Waals surface area contributed by atoms with Crippen LogP contribution < -0.4 is 10.6 Å². The molecule has 1 aromatic carbocycles. The van der Waals surface area contributed by atoms with Gasteiger partial charge in [0.25, 0.3) is 5.91 Å². The Hall–Kier alpha value is -1.53. The summed E-state index contributed by atoms with van der Waals surface area (Å²) in [5.74, 6) is -0.319. The Kier molecular flexibility index (Phi) is 5.10. The average molecular weight is 379 g/mol. The molecule has 1 heterocycles. The second-order valence-corrected chi connectivity index (χ2v) is 7.72. The Morgan fingerprint density at radius 3 is 2.46 bits per heavy atom. The van der Waals surface area contributed by atoms with E-state index in [2.05, 4.69) is 10.6 Å². The lowest BCUT2D eigenvalue weighted by molar-refractivity contribution is -0.131. The predicted molar refractivity (Wildman–Crippen MR) is 103 cm³/mol. The smallest absolute Gasteiger partial charge is 0.257 e.